The van der Waals surface area contributed by atoms with Gasteiger partial charge >= 0.3 is 0 Å². The molecule has 0 saturated heterocycles. The molecule has 0 fully saturated rings. The van der Waals surface area contributed by atoms with Crippen LogP contribution in [0.15, 0.2) is 18.2 Å². The molecule has 1 N–H and O–H groups in total. The molecular weight excluding hydrogens is 218 g/mol. The van der Waals surface area contributed by atoms with Crippen molar-refractivity contribution < 1.29 is 14.6 Å². The fourth-order valence-electron chi connectivity index (χ4n) is 1.78. The first kappa shape index (κ1) is 13.6. The molecule has 0 aliphatic rings. The Balaban J connectivity index is 2.94. The smallest absolute Gasteiger partial charge is 0.162 e. The Kier molecular flexibility index (Phi) is 5.63. The third-order valence-electron chi connectivity index (χ3n) is 2.60. The Morgan fingerprint density at radius 3 is 2.35 bits per heavy atom. The Morgan fingerprint density at radius 2 is 1.82 bits per heavy atom. The van der Waals surface area contributed by atoms with E-state index in [1.54, 1.807) is 14.2 Å². The highest BCUT2D eigenvalue weighted by molar-refractivity contribution is 5.56. The predicted molar refractivity (Wildman–Crippen MR) is 69.1 cm³/mol. The topological polar surface area (TPSA) is 41.9 Å². The largest absolute Gasteiger partial charge is 0.493 e. The van der Waals surface area contributed by atoms with Gasteiger partial charge in [-0.25, -0.2) is 0 Å². The standard InChI is InChI=1S/C13H21NO3/c1-4-7-14(8-9-15)11-5-6-12(16-2)13(10-11)17-3/h5-6,10,15H,4,7-9H2,1-3H3. The van der Waals surface area contributed by atoms with Crippen molar-refractivity contribution in [2.45, 2.75) is 13.3 Å². The van der Waals surface area contributed by atoms with Crippen molar-refractivity contribution in [3.63, 3.8) is 0 Å². The zero-order valence-electron chi connectivity index (χ0n) is 10.8. The van der Waals surface area contributed by atoms with E-state index in [-0.39, 0.29) is 6.61 Å². The second-order valence-electron chi connectivity index (χ2n) is 3.75. The van der Waals surface area contributed by atoms with Gasteiger partial charge < -0.3 is 19.5 Å². The number of aliphatic hydroxyl groups excluding tert-OH is 1. The molecule has 96 valence electrons. The molecular formula is C13H21NO3. The summed E-state index contributed by atoms with van der Waals surface area (Å²) < 4.78 is 10.5. The van der Waals surface area contributed by atoms with Crippen LogP contribution in [0, 0.1) is 0 Å². The van der Waals surface area contributed by atoms with E-state index in [2.05, 4.69) is 11.8 Å². The zero-order valence-corrected chi connectivity index (χ0v) is 10.8. The number of aliphatic hydroxyl groups is 1. The summed E-state index contributed by atoms with van der Waals surface area (Å²) in [6.07, 6.45) is 1.04. The van der Waals surface area contributed by atoms with Crippen LogP contribution in [-0.4, -0.2) is 39.0 Å². The van der Waals surface area contributed by atoms with Crippen LogP contribution in [0.1, 0.15) is 13.3 Å². The number of ether oxygens (including phenoxy) is 2. The van der Waals surface area contributed by atoms with E-state index in [1.807, 2.05) is 18.2 Å². The van der Waals surface area contributed by atoms with E-state index < -0.39 is 0 Å². The van der Waals surface area contributed by atoms with Gasteiger partial charge in [0.25, 0.3) is 0 Å². The van der Waals surface area contributed by atoms with Crippen molar-refractivity contribution in [2.75, 3.05) is 38.8 Å². The van der Waals surface area contributed by atoms with Gasteiger partial charge in [-0.15, -0.1) is 0 Å². The molecule has 0 amide bonds. The number of nitrogens with zero attached hydrogens (tertiary/aromatic N) is 1. The summed E-state index contributed by atoms with van der Waals surface area (Å²) in [5, 5.41) is 9.05. The highest BCUT2D eigenvalue weighted by atomic mass is 16.5. The van der Waals surface area contributed by atoms with E-state index in [4.69, 9.17) is 14.6 Å². The number of hydrogen-bond donors (Lipinski definition) is 1. The molecule has 0 unspecified atom stereocenters. The SMILES string of the molecule is CCCN(CCO)c1ccc(OC)c(OC)c1. The van der Waals surface area contributed by atoms with Gasteiger partial charge in [0.05, 0.1) is 20.8 Å². The van der Waals surface area contributed by atoms with Crippen molar-refractivity contribution in [1.82, 2.24) is 0 Å². The van der Waals surface area contributed by atoms with Crippen LogP contribution in [0.2, 0.25) is 0 Å². The minimum absolute atomic E-state index is 0.147. The first-order valence-electron chi connectivity index (χ1n) is 5.84. The van der Waals surface area contributed by atoms with Crippen LogP contribution in [0.4, 0.5) is 5.69 Å². The van der Waals surface area contributed by atoms with Gasteiger partial charge in [0, 0.05) is 24.8 Å². The maximum absolute atomic E-state index is 9.05. The lowest BCUT2D eigenvalue weighted by atomic mass is 10.2. The fourth-order valence-corrected chi connectivity index (χ4v) is 1.78. The summed E-state index contributed by atoms with van der Waals surface area (Å²) in [7, 11) is 3.24. The van der Waals surface area contributed by atoms with E-state index in [9.17, 15) is 0 Å². The average Bonchev–Trinajstić information content (AvgIpc) is 2.37. The van der Waals surface area contributed by atoms with Gasteiger partial charge in [-0.05, 0) is 18.6 Å². The van der Waals surface area contributed by atoms with E-state index in [1.165, 1.54) is 0 Å². The fraction of sp³-hybridized carbons (Fsp3) is 0.538. The molecule has 0 saturated carbocycles. The van der Waals surface area contributed by atoms with Crippen molar-refractivity contribution in [2.24, 2.45) is 0 Å². The second kappa shape index (κ2) is 7.01. The maximum Gasteiger partial charge on any atom is 0.162 e. The van der Waals surface area contributed by atoms with Crippen molar-refractivity contribution in [1.29, 1.82) is 0 Å². The molecule has 0 heterocycles. The lowest BCUT2D eigenvalue weighted by Crippen LogP contribution is -2.27. The summed E-state index contributed by atoms with van der Waals surface area (Å²) in [5.74, 6) is 1.43. The molecule has 0 aromatic heterocycles. The first-order chi connectivity index (χ1) is 8.26. The maximum atomic E-state index is 9.05. The van der Waals surface area contributed by atoms with Gasteiger partial charge in [-0.2, -0.15) is 0 Å². The van der Waals surface area contributed by atoms with Crippen molar-refractivity contribution >= 4 is 5.69 Å². The second-order valence-corrected chi connectivity index (χ2v) is 3.75. The van der Waals surface area contributed by atoms with E-state index >= 15 is 0 Å². The van der Waals surface area contributed by atoms with Crippen LogP contribution in [0.3, 0.4) is 0 Å². The monoisotopic (exact) mass is 239 g/mol. The number of benzene rings is 1. The lowest BCUT2D eigenvalue weighted by Gasteiger charge is -2.24. The Morgan fingerprint density at radius 1 is 1.12 bits per heavy atom. The molecule has 0 bridgehead atoms. The average molecular weight is 239 g/mol. The van der Waals surface area contributed by atoms with E-state index in [0.29, 0.717) is 12.3 Å². The van der Waals surface area contributed by atoms with Crippen LogP contribution in [0.5, 0.6) is 11.5 Å². The Bertz CT molecular complexity index is 335. The first-order valence-corrected chi connectivity index (χ1v) is 5.84. The van der Waals surface area contributed by atoms with E-state index in [0.717, 1.165) is 24.4 Å². The molecule has 0 aliphatic carbocycles. The van der Waals surface area contributed by atoms with Crippen molar-refractivity contribution in [3.05, 3.63) is 18.2 Å². The molecule has 1 aromatic rings. The summed E-state index contributed by atoms with van der Waals surface area (Å²) >= 11 is 0. The summed E-state index contributed by atoms with van der Waals surface area (Å²) in [5.41, 5.74) is 1.04. The zero-order chi connectivity index (χ0) is 12.7. The number of anilines is 1. The highest BCUT2D eigenvalue weighted by Gasteiger charge is 2.09. The van der Waals surface area contributed by atoms with Crippen LogP contribution >= 0.6 is 0 Å². The lowest BCUT2D eigenvalue weighted by molar-refractivity contribution is 0.301. The summed E-state index contributed by atoms with van der Waals surface area (Å²) in [6.45, 7) is 3.80. The van der Waals surface area contributed by atoms with Crippen LogP contribution in [-0.2, 0) is 0 Å². The van der Waals surface area contributed by atoms with Gasteiger partial charge in [-0.1, -0.05) is 6.92 Å². The molecule has 1 aromatic carbocycles. The molecule has 0 spiro atoms. The van der Waals surface area contributed by atoms with Gasteiger partial charge in [0.1, 0.15) is 0 Å². The third kappa shape index (κ3) is 3.53. The molecule has 4 heteroatoms. The predicted octanol–water partition coefficient (Wildman–Crippen LogP) is 1.91. The molecule has 17 heavy (non-hydrogen) atoms. The van der Waals surface area contributed by atoms with Crippen LogP contribution < -0.4 is 14.4 Å². The molecule has 0 aliphatic heterocycles. The number of methoxy groups -OCH3 is 2. The Hall–Kier alpha value is -1.42. The quantitative estimate of drug-likeness (QED) is 0.789. The normalized spacial score (nSPS) is 10.1. The van der Waals surface area contributed by atoms with Crippen LogP contribution in [0.25, 0.3) is 0 Å². The highest BCUT2D eigenvalue weighted by Crippen LogP contribution is 2.31. The number of rotatable bonds is 7. The van der Waals surface area contributed by atoms with Gasteiger partial charge in [0.2, 0.25) is 0 Å². The molecule has 1 rings (SSSR count). The molecule has 0 atom stereocenters. The Labute approximate surface area is 103 Å². The van der Waals surface area contributed by atoms with Gasteiger partial charge in [-0.3, -0.25) is 0 Å². The molecule has 4 nitrogen and oxygen atoms in total. The summed E-state index contributed by atoms with van der Waals surface area (Å²) in [6, 6.07) is 5.80. The third-order valence-corrected chi connectivity index (χ3v) is 2.60. The molecule has 0 radical (unpaired) electrons. The van der Waals surface area contributed by atoms with Gasteiger partial charge in [0.15, 0.2) is 11.5 Å². The minimum Gasteiger partial charge on any atom is -0.493 e. The minimum atomic E-state index is 0.147. The van der Waals surface area contributed by atoms with Crippen molar-refractivity contribution in [3.8, 4) is 11.5 Å². The number of hydrogen-bond acceptors (Lipinski definition) is 4. The summed E-state index contributed by atoms with van der Waals surface area (Å²) in [4.78, 5) is 2.13.